The van der Waals surface area contributed by atoms with Crippen LogP contribution in [0.15, 0.2) is 0 Å². The van der Waals surface area contributed by atoms with E-state index in [4.69, 9.17) is 4.74 Å². The molecule has 0 aliphatic carbocycles. The highest BCUT2D eigenvalue weighted by atomic mass is 16.5. The molecule has 0 radical (unpaired) electrons. The monoisotopic (exact) mass is 227 g/mol. The zero-order valence-corrected chi connectivity index (χ0v) is 10.4. The second-order valence-electron chi connectivity index (χ2n) is 5.17. The second kappa shape index (κ2) is 5.99. The molecule has 2 aliphatic rings. The molecule has 3 unspecified atom stereocenters. The van der Waals surface area contributed by atoms with Gasteiger partial charge in [0.1, 0.15) is 0 Å². The molecule has 0 aromatic heterocycles. The number of aliphatic hydroxyl groups is 1. The average Bonchev–Trinajstić information content (AvgIpc) is 2.31. The number of hydrogen-bond acceptors (Lipinski definition) is 3. The number of ether oxygens (including phenoxy) is 1. The number of aliphatic hydroxyl groups excluding tert-OH is 1. The van der Waals surface area contributed by atoms with Crippen LogP contribution >= 0.6 is 0 Å². The number of hydrogen-bond donors (Lipinski definition) is 1. The molecule has 1 N–H and O–H groups in total. The predicted octanol–water partition coefficient (Wildman–Crippen LogP) is 1.79. The molecule has 0 spiro atoms. The van der Waals surface area contributed by atoms with Gasteiger partial charge in [0.2, 0.25) is 0 Å². The minimum absolute atomic E-state index is 0.175. The lowest BCUT2D eigenvalue weighted by Gasteiger charge is -2.44. The van der Waals surface area contributed by atoms with Crippen molar-refractivity contribution in [3.63, 3.8) is 0 Å². The average molecular weight is 227 g/mol. The topological polar surface area (TPSA) is 32.7 Å². The number of piperidine rings is 1. The lowest BCUT2D eigenvalue weighted by atomic mass is 9.93. The largest absolute Gasteiger partial charge is 0.391 e. The zero-order chi connectivity index (χ0) is 11.4. The van der Waals surface area contributed by atoms with Gasteiger partial charge in [0.05, 0.1) is 18.8 Å². The van der Waals surface area contributed by atoms with Crippen LogP contribution in [0.2, 0.25) is 0 Å². The van der Waals surface area contributed by atoms with Crippen molar-refractivity contribution in [2.45, 2.75) is 63.6 Å². The van der Waals surface area contributed by atoms with Crippen LogP contribution in [-0.4, -0.2) is 48.0 Å². The SMILES string of the molecule is CCCC1CCCCN1C1COCCC1O. The standard InChI is InChI=1S/C13H25NO2/c1-2-5-11-6-3-4-8-14(11)12-10-16-9-7-13(12)15/h11-13,15H,2-10H2,1H3. The van der Waals surface area contributed by atoms with Crippen molar-refractivity contribution in [1.82, 2.24) is 4.90 Å². The Balaban J connectivity index is 1.97. The van der Waals surface area contributed by atoms with Crippen LogP contribution in [0.1, 0.15) is 45.4 Å². The Labute approximate surface area is 98.8 Å². The summed E-state index contributed by atoms with van der Waals surface area (Å²) in [7, 11) is 0. The van der Waals surface area contributed by atoms with Gasteiger partial charge in [-0.05, 0) is 32.2 Å². The fourth-order valence-electron chi connectivity index (χ4n) is 3.13. The lowest BCUT2D eigenvalue weighted by Crippen LogP contribution is -2.55. The van der Waals surface area contributed by atoms with E-state index in [-0.39, 0.29) is 12.1 Å². The summed E-state index contributed by atoms with van der Waals surface area (Å²) in [4.78, 5) is 2.52. The molecule has 2 rings (SSSR count). The van der Waals surface area contributed by atoms with Crippen molar-refractivity contribution in [2.75, 3.05) is 19.8 Å². The van der Waals surface area contributed by atoms with Gasteiger partial charge in [0, 0.05) is 12.6 Å². The van der Waals surface area contributed by atoms with E-state index in [1.807, 2.05) is 0 Å². The molecule has 0 bridgehead atoms. The van der Waals surface area contributed by atoms with Crippen molar-refractivity contribution in [3.8, 4) is 0 Å². The molecule has 3 heteroatoms. The zero-order valence-electron chi connectivity index (χ0n) is 10.4. The highest BCUT2D eigenvalue weighted by Crippen LogP contribution is 2.26. The van der Waals surface area contributed by atoms with Crippen LogP contribution in [0.5, 0.6) is 0 Å². The molecule has 0 aromatic rings. The third kappa shape index (κ3) is 2.76. The van der Waals surface area contributed by atoms with Gasteiger partial charge in [0.25, 0.3) is 0 Å². The van der Waals surface area contributed by atoms with E-state index >= 15 is 0 Å². The van der Waals surface area contributed by atoms with E-state index in [1.165, 1.54) is 32.1 Å². The van der Waals surface area contributed by atoms with Crippen LogP contribution in [0.25, 0.3) is 0 Å². The summed E-state index contributed by atoms with van der Waals surface area (Å²) in [5.41, 5.74) is 0. The highest BCUT2D eigenvalue weighted by Gasteiger charge is 2.34. The van der Waals surface area contributed by atoms with Crippen molar-refractivity contribution < 1.29 is 9.84 Å². The van der Waals surface area contributed by atoms with Crippen LogP contribution in [-0.2, 0) is 4.74 Å². The van der Waals surface area contributed by atoms with E-state index in [0.29, 0.717) is 6.04 Å². The smallest absolute Gasteiger partial charge is 0.0739 e. The quantitative estimate of drug-likeness (QED) is 0.798. The van der Waals surface area contributed by atoms with Gasteiger partial charge in [-0.3, -0.25) is 4.90 Å². The molecule has 2 saturated heterocycles. The molecular formula is C13H25NO2. The van der Waals surface area contributed by atoms with Gasteiger partial charge in [-0.1, -0.05) is 19.8 Å². The van der Waals surface area contributed by atoms with Gasteiger partial charge in [0.15, 0.2) is 0 Å². The Bertz CT molecular complexity index is 208. The number of likely N-dealkylation sites (tertiary alicyclic amines) is 1. The third-order valence-electron chi connectivity index (χ3n) is 4.01. The fourth-order valence-corrected chi connectivity index (χ4v) is 3.13. The first-order valence-corrected chi connectivity index (χ1v) is 6.84. The van der Waals surface area contributed by atoms with Crippen molar-refractivity contribution in [3.05, 3.63) is 0 Å². The van der Waals surface area contributed by atoms with Gasteiger partial charge < -0.3 is 9.84 Å². The molecule has 2 heterocycles. The molecular weight excluding hydrogens is 202 g/mol. The predicted molar refractivity (Wildman–Crippen MR) is 64.5 cm³/mol. The van der Waals surface area contributed by atoms with E-state index in [9.17, 15) is 5.11 Å². The molecule has 0 saturated carbocycles. The number of nitrogens with zero attached hydrogens (tertiary/aromatic N) is 1. The Morgan fingerprint density at radius 3 is 2.94 bits per heavy atom. The van der Waals surface area contributed by atoms with E-state index in [0.717, 1.165) is 26.2 Å². The summed E-state index contributed by atoms with van der Waals surface area (Å²) in [5, 5.41) is 10.1. The Morgan fingerprint density at radius 1 is 1.31 bits per heavy atom. The first kappa shape index (κ1) is 12.3. The van der Waals surface area contributed by atoms with Crippen molar-refractivity contribution >= 4 is 0 Å². The van der Waals surface area contributed by atoms with Gasteiger partial charge in [-0.2, -0.15) is 0 Å². The Morgan fingerprint density at radius 2 is 2.19 bits per heavy atom. The van der Waals surface area contributed by atoms with Gasteiger partial charge >= 0.3 is 0 Å². The minimum Gasteiger partial charge on any atom is -0.391 e. The van der Waals surface area contributed by atoms with Crippen LogP contribution in [0.3, 0.4) is 0 Å². The summed E-state index contributed by atoms with van der Waals surface area (Å²) in [6, 6.07) is 0.936. The number of rotatable bonds is 3. The van der Waals surface area contributed by atoms with Crippen LogP contribution in [0.4, 0.5) is 0 Å². The normalized spacial score (nSPS) is 37.5. The van der Waals surface area contributed by atoms with Crippen molar-refractivity contribution in [2.24, 2.45) is 0 Å². The molecule has 3 atom stereocenters. The minimum atomic E-state index is -0.175. The summed E-state index contributed by atoms with van der Waals surface area (Å²) in [6.07, 6.45) is 7.07. The Kier molecular flexibility index (Phi) is 4.62. The van der Waals surface area contributed by atoms with Crippen LogP contribution < -0.4 is 0 Å². The first-order valence-electron chi connectivity index (χ1n) is 6.84. The van der Waals surface area contributed by atoms with E-state index in [1.54, 1.807) is 0 Å². The highest BCUT2D eigenvalue weighted by molar-refractivity contribution is 4.88. The molecule has 0 amide bonds. The summed E-state index contributed by atoms with van der Waals surface area (Å²) < 4.78 is 5.53. The summed E-state index contributed by atoms with van der Waals surface area (Å²) >= 11 is 0. The fraction of sp³-hybridized carbons (Fsp3) is 1.00. The maximum absolute atomic E-state index is 10.1. The Hall–Kier alpha value is -0.120. The maximum atomic E-state index is 10.1. The molecule has 94 valence electrons. The molecule has 3 nitrogen and oxygen atoms in total. The van der Waals surface area contributed by atoms with Gasteiger partial charge in [-0.15, -0.1) is 0 Å². The van der Waals surface area contributed by atoms with Gasteiger partial charge in [-0.25, -0.2) is 0 Å². The van der Waals surface area contributed by atoms with E-state index < -0.39 is 0 Å². The molecule has 2 aliphatic heterocycles. The molecule has 2 fully saturated rings. The summed E-state index contributed by atoms with van der Waals surface area (Å²) in [6.45, 7) is 4.85. The van der Waals surface area contributed by atoms with Crippen LogP contribution in [0, 0.1) is 0 Å². The third-order valence-corrected chi connectivity index (χ3v) is 4.01. The molecule has 16 heavy (non-hydrogen) atoms. The van der Waals surface area contributed by atoms with E-state index in [2.05, 4.69) is 11.8 Å². The van der Waals surface area contributed by atoms with Crippen molar-refractivity contribution in [1.29, 1.82) is 0 Å². The second-order valence-corrected chi connectivity index (χ2v) is 5.17. The first-order chi connectivity index (χ1) is 7.83. The molecule has 0 aromatic carbocycles. The summed E-state index contributed by atoms with van der Waals surface area (Å²) in [5.74, 6) is 0. The lowest BCUT2D eigenvalue weighted by molar-refractivity contribution is -0.0814. The maximum Gasteiger partial charge on any atom is 0.0739 e.